The second-order valence-corrected chi connectivity index (χ2v) is 8.19. The molecule has 2 N–H and O–H groups in total. The lowest BCUT2D eigenvalue weighted by Crippen LogP contribution is -2.36. The predicted molar refractivity (Wildman–Crippen MR) is 96.7 cm³/mol. The Bertz CT molecular complexity index is 564. The fraction of sp³-hybridized carbons (Fsp3) is 0.667. The summed E-state index contributed by atoms with van der Waals surface area (Å²) in [5.41, 5.74) is 1.07. The lowest BCUT2D eigenvalue weighted by atomic mass is 10.1. The lowest BCUT2D eigenvalue weighted by molar-refractivity contribution is 0.202. The Morgan fingerprint density at radius 1 is 1.04 bits per heavy atom. The molecule has 0 aromatic heterocycles. The number of methoxy groups -OCH3 is 1. The maximum Gasteiger partial charge on any atom is 0.240 e. The summed E-state index contributed by atoms with van der Waals surface area (Å²) in [7, 11) is -1.77. The molecule has 0 radical (unpaired) electrons. The summed E-state index contributed by atoms with van der Waals surface area (Å²) >= 11 is 0. The molecule has 5 nitrogen and oxygen atoms in total. The third kappa shape index (κ3) is 6.51. The van der Waals surface area contributed by atoms with Gasteiger partial charge in [0, 0.05) is 26.2 Å². The average Bonchev–Trinajstić information content (AvgIpc) is 2.86. The van der Waals surface area contributed by atoms with Gasteiger partial charge in [-0.2, -0.15) is 0 Å². The predicted octanol–water partition coefficient (Wildman–Crippen LogP) is 2.47. The monoisotopic (exact) mass is 354 g/mol. The number of hydrogen-bond acceptors (Lipinski definition) is 4. The van der Waals surface area contributed by atoms with Gasteiger partial charge in [-0.25, -0.2) is 13.1 Å². The van der Waals surface area contributed by atoms with Crippen LogP contribution in [0.5, 0.6) is 0 Å². The SMILES string of the molecule is COCCc1ccc(S(=O)(=O)NCCNC2CCCCCC2)cc1. The first-order chi connectivity index (χ1) is 11.6. The summed E-state index contributed by atoms with van der Waals surface area (Å²) < 4.78 is 32.3. The van der Waals surface area contributed by atoms with Gasteiger partial charge in [0.15, 0.2) is 0 Å². The molecule has 2 rings (SSSR count). The van der Waals surface area contributed by atoms with Gasteiger partial charge in [0.2, 0.25) is 10.0 Å². The van der Waals surface area contributed by atoms with Crippen molar-refractivity contribution in [2.75, 3.05) is 26.8 Å². The van der Waals surface area contributed by atoms with E-state index in [2.05, 4.69) is 10.0 Å². The number of hydrogen-bond donors (Lipinski definition) is 2. The highest BCUT2D eigenvalue weighted by molar-refractivity contribution is 7.89. The van der Waals surface area contributed by atoms with Gasteiger partial charge in [0.05, 0.1) is 11.5 Å². The van der Waals surface area contributed by atoms with Crippen molar-refractivity contribution >= 4 is 10.0 Å². The van der Waals surface area contributed by atoms with Gasteiger partial charge in [-0.3, -0.25) is 0 Å². The molecule has 0 saturated heterocycles. The van der Waals surface area contributed by atoms with Crippen LogP contribution in [-0.4, -0.2) is 41.3 Å². The summed E-state index contributed by atoms with van der Waals surface area (Å²) in [6, 6.07) is 7.55. The third-order valence-corrected chi connectivity index (χ3v) is 6.01. The van der Waals surface area contributed by atoms with Crippen molar-refractivity contribution in [2.45, 2.75) is 55.9 Å². The molecule has 1 aromatic rings. The second-order valence-electron chi connectivity index (χ2n) is 6.43. The topological polar surface area (TPSA) is 67.4 Å². The maximum atomic E-state index is 12.3. The molecule has 6 heteroatoms. The van der Waals surface area contributed by atoms with Gasteiger partial charge in [-0.1, -0.05) is 37.8 Å². The molecular formula is C18H30N2O3S. The molecule has 1 saturated carbocycles. The Labute approximate surface area is 146 Å². The van der Waals surface area contributed by atoms with E-state index in [1.807, 2.05) is 12.1 Å². The van der Waals surface area contributed by atoms with Crippen LogP contribution in [0.15, 0.2) is 29.2 Å². The minimum absolute atomic E-state index is 0.318. The third-order valence-electron chi connectivity index (χ3n) is 4.53. The molecule has 24 heavy (non-hydrogen) atoms. The van der Waals surface area contributed by atoms with Gasteiger partial charge in [0.25, 0.3) is 0 Å². The van der Waals surface area contributed by atoms with Crippen LogP contribution in [0.1, 0.15) is 44.1 Å². The molecule has 1 aromatic carbocycles. The molecular weight excluding hydrogens is 324 g/mol. The lowest BCUT2D eigenvalue weighted by Gasteiger charge is -2.16. The largest absolute Gasteiger partial charge is 0.384 e. The van der Waals surface area contributed by atoms with E-state index < -0.39 is 10.0 Å². The normalized spacial score (nSPS) is 16.9. The Hall–Kier alpha value is -0.950. The molecule has 0 atom stereocenters. The van der Waals surface area contributed by atoms with E-state index in [0.29, 0.717) is 30.6 Å². The summed E-state index contributed by atoms with van der Waals surface area (Å²) in [4.78, 5) is 0.318. The van der Waals surface area contributed by atoms with Crippen molar-refractivity contribution in [2.24, 2.45) is 0 Å². The van der Waals surface area contributed by atoms with Crippen LogP contribution in [-0.2, 0) is 21.2 Å². The van der Waals surface area contributed by atoms with Crippen molar-refractivity contribution in [3.63, 3.8) is 0 Å². The molecule has 1 aliphatic rings. The van der Waals surface area contributed by atoms with Crippen LogP contribution in [0, 0.1) is 0 Å². The molecule has 136 valence electrons. The standard InChI is InChI=1S/C18H30N2O3S/c1-23-15-12-16-8-10-18(11-9-16)24(21,22)20-14-13-19-17-6-4-2-3-5-7-17/h8-11,17,19-20H,2-7,12-15H2,1H3. The highest BCUT2D eigenvalue weighted by Gasteiger charge is 2.14. The molecule has 0 unspecified atom stereocenters. The Balaban J connectivity index is 1.76. The minimum atomic E-state index is -3.43. The van der Waals surface area contributed by atoms with Gasteiger partial charge < -0.3 is 10.1 Å². The van der Waals surface area contributed by atoms with Crippen LogP contribution in [0.3, 0.4) is 0 Å². The molecule has 0 bridgehead atoms. The van der Waals surface area contributed by atoms with Gasteiger partial charge in [-0.05, 0) is 37.0 Å². The fourth-order valence-electron chi connectivity index (χ4n) is 3.08. The van der Waals surface area contributed by atoms with Crippen LogP contribution >= 0.6 is 0 Å². The zero-order valence-corrected chi connectivity index (χ0v) is 15.4. The summed E-state index contributed by atoms with van der Waals surface area (Å²) in [5.74, 6) is 0. The highest BCUT2D eigenvalue weighted by atomic mass is 32.2. The molecule has 1 aliphatic carbocycles. The summed E-state index contributed by atoms with van der Waals surface area (Å²) in [6.07, 6.45) is 8.40. The molecule has 0 spiro atoms. The van der Waals surface area contributed by atoms with E-state index in [1.54, 1.807) is 19.2 Å². The number of rotatable bonds is 9. The smallest absolute Gasteiger partial charge is 0.240 e. The molecule has 0 heterocycles. The summed E-state index contributed by atoms with van der Waals surface area (Å²) in [6.45, 7) is 1.73. The first-order valence-corrected chi connectivity index (χ1v) is 10.4. The number of nitrogens with one attached hydrogen (secondary N) is 2. The molecule has 0 aliphatic heterocycles. The van der Waals surface area contributed by atoms with Crippen molar-refractivity contribution in [3.8, 4) is 0 Å². The van der Waals surface area contributed by atoms with Crippen molar-refractivity contribution in [1.29, 1.82) is 0 Å². The Kier molecular flexibility index (Phi) is 8.18. The van der Waals surface area contributed by atoms with Crippen LogP contribution in [0.4, 0.5) is 0 Å². The zero-order chi connectivity index (χ0) is 17.3. The van der Waals surface area contributed by atoms with E-state index in [0.717, 1.165) is 12.0 Å². The first kappa shape index (κ1) is 19.4. The van der Waals surface area contributed by atoms with Crippen LogP contribution in [0.25, 0.3) is 0 Å². The van der Waals surface area contributed by atoms with Crippen LogP contribution < -0.4 is 10.0 Å². The second kappa shape index (κ2) is 10.1. The van der Waals surface area contributed by atoms with Gasteiger partial charge in [-0.15, -0.1) is 0 Å². The first-order valence-electron chi connectivity index (χ1n) is 8.93. The fourth-order valence-corrected chi connectivity index (χ4v) is 4.12. The van der Waals surface area contributed by atoms with Crippen molar-refractivity contribution in [3.05, 3.63) is 29.8 Å². The average molecular weight is 355 g/mol. The van der Waals surface area contributed by atoms with Crippen LogP contribution in [0.2, 0.25) is 0 Å². The van der Waals surface area contributed by atoms with Gasteiger partial charge in [0.1, 0.15) is 0 Å². The molecule has 0 amide bonds. The maximum absolute atomic E-state index is 12.3. The zero-order valence-electron chi connectivity index (χ0n) is 14.6. The number of sulfonamides is 1. The van der Waals surface area contributed by atoms with E-state index in [4.69, 9.17) is 4.74 Å². The number of ether oxygens (including phenoxy) is 1. The Morgan fingerprint density at radius 2 is 1.71 bits per heavy atom. The van der Waals surface area contributed by atoms with E-state index in [-0.39, 0.29) is 0 Å². The highest BCUT2D eigenvalue weighted by Crippen LogP contribution is 2.17. The number of benzene rings is 1. The quantitative estimate of drug-likeness (QED) is 0.528. The molecule has 1 fully saturated rings. The van der Waals surface area contributed by atoms with E-state index >= 15 is 0 Å². The summed E-state index contributed by atoms with van der Waals surface area (Å²) in [5, 5.41) is 3.48. The Morgan fingerprint density at radius 3 is 2.33 bits per heavy atom. The van der Waals surface area contributed by atoms with E-state index in [9.17, 15) is 8.42 Å². The van der Waals surface area contributed by atoms with Crippen molar-refractivity contribution < 1.29 is 13.2 Å². The van der Waals surface area contributed by atoms with Crippen molar-refractivity contribution in [1.82, 2.24) is 10.0 Å². The minimum Gasteiger partial charge on any atom is -0.384 e. The van der Waals surface area contributed by atoms with Gasteiger partial charge >= 0.3 is 0 Å². The van der Waals surface area contributed by atoms with E-state index in [1.165, 1.54) is 38.5 Å².